The summed E-state index contributed by atoms with van der Waals surface area (Å²) in [5.74, 6) is 0.420. The minimum absolute atomic E-state index is 0.0909. The Bertz CT molecular complexity index is 466. The molecule has 0 N–H and O–H groups in total. The lowest BCUT2D eigenvalue weighted by Gasteiger charge is -2.07. The van der Waals surface area contributed by atoms with E-state index in [2.05, 4.69) is 6.92 Å². The van der Waals surface area contributed by atoms with Gasteiger partial charge < -0.3 is 4.74 Å². The molecule has 0 aromatic heterocycles. The van der Waals surface area contributed by atoms with Crippen molar-refractivity contribution in [1.29, 1.82) is 5.26 Å². The standard InChI is InChI=1S/C14H18N2O3/c1-2-3-4-5-6-9-19-14-8-7-13(16(17)18)10-12(14)11-15/h7-8,10H,2-6,9H2,1H3. The Balaban J connectivity index is 2.50. The van der Waals surface area contributed by atoms with Crippen LogP contribution in [0.2, 0.25) is 0 Å². The van der Waals surface area contributed by atoms with E-state index in [0.717, 1.165) is 12.8 Å². The summed E-state index contributed by atoms with van der Waals surface area (Å²) in [6.07, 6.45) is 5.64. The zero-order valence-electron chi connectivity index (χ0n) is 11.1. The van der Waals surface area contributed by atoms with Crippen molar-refractivity contribution in [1.82, 2.24) is 0 Å². The van der Waals surface area contributed by atoms with E-state index in [1.165, 1.54) is 37.5 Å². The minimum atomic E-state index is -0.518. The van der Waals surface area contributed by atoms with Crippen LogP contribution in [0.5, 0.6) is 5.75 Å². The van der Waals surface area contributed by atoms with Gasteiger partial charge >= 0.3 is 0 Å². The highest BCUT2D eigenvalue weighted by Crippen LogP contribution is 2.23. The number of nitro groups is 1. The number of hydrogen-bond donors (Lipinski definition) is 0. The van der Waals surface area contributed by atoms with Gasteiger partial charge in [0.25, 0.3) is 5.69 Å². The van der Waals surface area contributed by atoms with Crippen molar-refractivity contribution in [2.24, 2.45) is 0 Å². The summed E-state index contributed by atoms with van der Waals surface area (Å²) in [6, 6.07) is 6.01. The summed E-state index contributed by atoms with van der Waals surface area (Å²) in [4.78, 5) is 10.1. The maximum Gasteiger partial charge on any atom is 0.271 e. The van der Waals surface area contributed by atoms with Gasteiger partial charge in [0, 0.05) is 12.1 Å². The summed E-state index contributed by atoms with van der Waals surface area (Å²) < 4.78 is 5.50. The monoisotopic (exact) mass is 262 g/mol. The van der Waals surface area contributed by atoms with Gasteiger partial charge in [-0.05, 0) is 12.5 Å². The number of nitriles is 1. The van der Waals surface area contributed by atoms with E-state index in [0.29, 0.717) is 12.4 Å². The Morgan fingerprint density at radius 1 is 1.32 bits per heavy atom. The fourth-order valence-corrected chi connectivity index (χ4v) is 1.73. The lowest BCUT2D eigenvalue weighted by molar-refractivity contribution is -0.384. The smallest absolute Gasteiger partial charge is 0.271 e. The third-order valence-corrected chi connectivity index (χ3v) is 2.80. The zero-order chi connectivity index (χ0) is 14.1. The summed E-state index contributed by atoms with van der Waals surface area (Å²) in [5.41, 5.74) is 0.120. The molecule has 0 spiro atoms. The third-order valence-electron chi connectivity index (χ3n) is 2.80. The average Bonchev–Trinajstić information content (AvgIpc) is 2.42. The maximum atomic E-state index is 10.6. The molecule has 0 unspecified atom stereocenters. The number of unbranched alkanes of at least 4 members (excludes halogenated alkanes) is 4. The predicted molar refractivity (Wildman–Crippen MR) is 72.1 cm³/mol. The first kappa shape index (κ1) is 15.0. The van der Waals surface area contributed by atoms with E-state index in [-0.39, 0.29) is 11.3 Å². The van der Waals surface area contributed by atoms with E-state index in [9.17, 15) is 10.1 Å². The average molecular weight is 262 g/mol. The highest BCUT2D eigenvalue weighted by atomic mass is 16.6. The Labute approximate surface area is 113 Å². The van der Waals surface area contributed by atoms with Crippen molar-refractivity contribution in [2.75, 3.05) is 6.61 Å². The largest absolute Gasteiger partial charge is 0.492 e. The van der Waals surface area contributed by atoms with Crippen molar-refractivity contribution >= 4 is 5.69 Å². The Morgan fingerprint density at radius 2 is 2.05 bits per heavy atom. The van der Waals surface area contributed by atoms with E-state index in [4.69, 9.17) is 10.00 Å². The van der Waals surface area contributed by atoms with Gasteiger partial charge in [0.15, 0.2) is 0 Å². The Morgan fingerprint density at radius 3 is 2.68 bits per heavy atom. The predicted octanol–water partition coefficient (Wildman–Crippen LogP) is 3.82. The molecule has 0 amide bonds. The van der Waals surface area contributed by atoms with Gasteiger partial charge in [-0.3, -0.25) is 10.1 Å². The van der Waals surface area contributed by atoms with Crippen molar-refractivity contribution < 1.29 is 9.66 Å². The van der Waals surface area contributed by atoms with Crippen LogP contribution in [0.4, 0.5) is 5.69 Å². The summed E-state index contributed by atoms with van der Waals surface area (Å²) in [5, 5.41) is 19.5. The number of hydrogen-bond acceptors (Lipinski definition) is 4. The maximum absolute atomic E-state index is 10.6. The van der Waals surface area contributed by atoms with Gasteiger partial charge in [0.2, 0.25) is 0 Å². The highest BCUT2D eigenvalue weighted by molar-refractivity contribution is 5.50. The molecule has 0 saturated carbocycles. The van der Waals surface area contributed by atoms with Gasteiger partial charge in [-0.25, -0.2) is 0 Å². The number of nitro benzene ring substituents is 1. The quantitative estimate of drug-likeness (QED) is 0.405. The SMILES string of the molecule is CCCCCCCOc1ccc([N+](=O)[O-])cc1C#N. The number of rotatable bonds is 8. The molecule has 0 aliphatic carbocycles. The molecular formula is C14H18N2O3. The molecule has 0 bridgehead atoms. The van der Waals surface area contributed by atoms with Gasteiger partial charge in [0.05, 0.1) is 11.5 Å². The molecule has 1 aromatic carbocycles. The van der Waals surface area contributed by atoms with Crippen molar-refractivity contribution in [3.8, 4) is 11.8 Å². The summed E-state index contributed by atoms with van der Waals surface area (Å²) in [6.45, 7) is 2.70. The van der Waals surface area contributed by atoms with Gasteiger partial charge in [0.1, 0.15) is 17.4 Å². The number of ether oxygens (including phenoxy) is 1. The summed E-state index contributed by atoms with van der Waals surface area (Å²) in [7, 11) is 0. The normalized spacial score (nSPS) is 9.89. The number of non-ortho nitro benzene ring substituents is 1. The fraction of sp³-hybridized carbons (Fsp3) is 0.500. The van der Waals surface area contributed by atoms with Crippen LogP contribution in [0.3, 0.4) is 0 Å². The zero-order valence-corrected chi connectivity index (χ0v) is 11.1. The molecule has 0 aliphatic rings. The first-order valence-corrected chi connectivity index (χ1v) is 6.50. The fourth-order valence-electron chi connectivity index (χ4n) is 1.73. The molecule has 1 rings (SSSR count). The molecule has 0 atom stereocenters. The van der Waals surface area contributed by atoms with Gasteiger partial charge in [-0.2, -0.15) is 5.26 Å². The van der Waals surface area contributed by atoms with Gasteiger partial charge in [-0.15, -0.1) is 0 Å². The molecule has 19 heavy (non-hydrogen) atoms. The van der Waals surface area contributed by atoms with Crippen LogP contribution < -0.4 is 4.74 Å². The van der Waals surface area contributed by atoms with Crippen molar-refractivity contribution in [3.05, 3.63) is 33.9 Å². The lowest BCUT2D eigenvalue weighted by Crippen LogP contribution is -2.00. The Hall–Kier alpha value is -2.09. The van der Waals surface area contributed by atoms with Crippen LogP contribution >= 0.6 is 0 Å². The molecule has 1 aromatic rings. The van der Waals surface area contributed by atoms with E-state index in [1.807, 2.05) is 6.07 Å². The minimum Gasteiger partial charge on any atom is -0.492 e. The van der Waals surface area contributed by atoms with Crippen molar-refractivity contribution in [2.45, 2.75) is 39.0 Å². The van der Waals surface area contributed by atoms with Crippen LogP contribution in [-0.4, -0.2) is 11.5 Å². The van der Waals surface area contributed by atoms with Crippen LogP contribution in [0.1, 0.15) is 44.6 Å². The molecule has 102 valence electrons. The van der Waals surface area contributed by atoms with Crippen LogP contribution in [0.25, 0.3) is 0 Å². The first-order valence-electron chi connectivity index (χ1n) is 6.50. The first-order chi connectivity index (χ1) is 9.19. The van der Waals surface area contributed by atoms with E-state index in [1.54, 1.807) is 0 Å². The highest BCUT2D eigenvalue weighted by Gasteiger charge is 2.11. The molecule has 0 saturated heterocycles. The van der Waals surface area contributed by atoms with E-state index >= 15 is 0 Å². The number of benzene rings is 1. The van der Waals surface area contributed by atoms with Crippen LogP contribution in [0, 0.1) is 21.4 Å². The summed E-state index contributed by atoms with van der Waals surface area (Å²) >= 11 is 0. The molecule has 5 heteroatoms. The second-order valence-corrected chi connectivity index (χ2v) is 4.31. The van der Waals surface area contributed by atoms with Crippen LogP contribution in [0.15, 0.2) is 18.2 Å². The third kappa shape index (κ3) is 4.96. The Kier molecular flexibility index (Phi) is 6.37. The molecule has 0 heterocycles. The molecule has 0 fully saturated rings. The second kappa shape index (κ2) is 8.09. The van der Waals surface area contributed by atoms with Crippen LogP contribution in [-0.2, 0) is 0 Å². The molecule has 0 aliphatic heterocycles. The van der Waals surface area contributed by atoms with E-state index < -0.39 is 4.92 Å². The molecular weight excluding hydrogens is 244 g/mol. The molecule has 5 nitrogen and oxygen atoms in total. The van der Waals surface area contributed by atoms with Crippen molar-refractivity contribution in [3.63, 3.8) is 0 Å². The van der Waals surface area contributed by atoms with Gasteiger partial charge in [-0.1, -0.05) is 32.6 Å². The number of nitrogens with zero attached hydrogens (tertiary/aromatic N) is 2. The topological polar surface area (TPSA) is 76.2 Å². The molecule has 0 radical (unpaired) electrons. The second-order valence-electron chi connectivity index (χ2n) is 4.31. The lowest BCUT2D eigenvalue weighted by atomic mass is 10.1.